The van der Waals surface area contributed by atoms with E-state index in [0.717, 1.165) is 43.2 Å². The van der Waals surface area contributed by atoms with Gasteiger partial charge in [0.2, 0.25) is 0 Å². The largest absolute Gasteiger partial charge is 0.467 e. The van der Waals surface area contributed by atoms with E-state index in [2.05, 4.69) is 10.2 Å². The summed E-state index contributed by atoms with van der Waals surface area (Å²) in [6.07, 6.45) is 1.62. The monoisotopic (exact) mass is 356 g/mol. The molecule has 1 amide bonds. The Labute approximate surface area is 153 Å². The molecule has 1 aromatic carbocycles. The molecular weight excluding hydrogens is 330 g/mol. The molecule has 138 valence electrons. The minimum atomic E-state index is -0.113. The van der Waals surface area contributed by atoms with Gasteiger partial charge in [-0.15, -0.1) is 0 Å². The van der Waals surface area contributed by atoms with Gasteiger partial charge in [-0.25, -0.2) is 0 Å². The zero-order chi connectivity index (χ0) is 18.5. The normalized spacial score (nSPS) is 16.3. The Balaban J connectivity index is 1.46. The highest BCUT2D eigenvalue weighted by Gasteiger charge is 2.23. The van der Waals surface area contributed by atoms with Crippen LogP contribution in [0.25, 0.3) is 0 Å². The predicted octanol–water partition coefficient (Wildman–Crippen LogP) is 1.06. The molecule has 1 aromatic heterocycles. The summed E-state index contributed by atoms with van der Waals surface area (Å²) in [7, 11) is 0. The molecule has 0 radical (unpaired) electrons. The van der Waals surface area contributed by atoms with Crippen LogP contribution in [0.15, 0.2) is 47.1 Å². The van der Waals surface area contributed by atoms with Crippen LogP contribution in [-0.2, 0) is 4.79 Å². The van der Waals surface area contributed by atoms with Crippen molar-refractivity contribution >= 4 is 17.4 Å². The Morgan fingerprint density at radius 1 is 1.19 bits per heavy atom. The lowest BCUT2D eigenvalue weighted by atomic mass is 10.1. The fourth-order valence-corrected chi connectivity index (χ4v) is 3.29. The van der Waals surface area contributed by atoms with Crippen molar-refractivity contribution in [3.8, 4) is 0 Å². The lowest BCUT2D eigenvalue weighted by Gasteiger charge is -2.33. The molecule has 2 N–H and O–H groups in total. The third-order valence-electron chi connectivity index (χ3n) is 4.87. The Kier molecular flexibility index (Phi) is 5.73. The average Bonchev–Trinajstić information content (AvgIpc) is 3.17. The van der Waals surface area contributed by atoms with Gasteiger partial charge in [0, 0.05) is 11.3 Å². The number of anilines is 1. The van der Waals surface area contributed by atoms with Crippen molar-refractivity contribution < 1.29 is 18.9 Å². The van der Waals surface area contributed by atoms with Crippen LogP contribution < -0.4 is 15.1 Å². The quantitative estimate of drug-likeness (QED) is 0.760. The molecule has 26 heavy (non-hydrogen) atoms. The number of piperazine rings is 1. The predicted molar refractivity (Wildman–Crippen MR) is 99.5 cm³/mol. The number of benzene rings is 1. The SMILES string of the molecule is CC(=O)c1ccc(N2CC[NH+](CC(=O)N[C@@H](C)c3ccco3)CC2)cc1. The number of furan rings is 1. The van der Waals surface area contributed by atoms with Gasteiger partial charge in [0.15, 0.2) is 12.3 Å². The zero-order valence-electron chi connectivity index (χ0n) is 15.3. The van der Waals surface area contributed by atoms with E-state index in [1.54, 1.807) is 13.2 Å². The summed E-state index contributed by atoms with van der Waals surface area (Å²) < 4.78 is 5.32. The summed E-state index contributed by atoms with van der Waals surface area (Å²) in [5.41, 5.74) is 1.87. The highest BCUT2D eigenvalue weighted by molar-refractivity contribution is 5.94. The van der Waals surface area contributed by atoms with E-state index in [4.69, 9.17) is 4.42 Å². The molecule has 1 aliphatic rings. The van der Waals surface area contributed by atoms with Gasteiger partial charge in [-0.2, -0.15) is 0 Å². The first-order valence-electron chi connectivity index (χ1n) is 9.05. The third kappa shape index (κ3) is 4.52. The number of amides is 1. The van der Waals surface area contributed by atoms with Gasteiger partial charge in [0.25, 0.3) is 5.91 Å². The highest BCUT2D eigenvalue weighted by atomic mass is 16.3. The van der Waals surface area contributed by atoms with Gasteiger partial charge in [0.1, 0.15) is 5.76 Å². The molecule has 2 heterocycles. The highest BCUT2D eigenvalue weighted by Crippen LogP contribution is 2.15. The second-order valence-corrected chi connectivity index (χ2v) is 6.82. The van der Waals surface area contributed by atoms with E-state index in [0.29, 0.717) is 6.54 Å². The molecular formula is C20H26N3O3+. The van der Waals surface area contributed by atoms with E-state index in [1.807, 2.05) is 43.3 Å². The van der Waals surface area contributed by atoms with Gasteiger partial charge < -0.3 is 19.5 Å². The molecule has 0 bridgehead atoms. The lowest BCUT2D eigenvalue weighted by Crippen LogP contribution is -3.15. The van der Waals surface area contributed by atoms with E-state index < -0.39 is 0 Å². The number of quaternary nitrogens is 1. The number of carbonyl (C=O) groups excluding carboxylic acids is 2. The summed E-state index contributed by atoms with van der Waals surface area (Å²) in [6, 6.07) is 11.3. The van der Waals surface area contributed by atoms with Crippen molar-refractivity contribution in [1.82, 2.24) is 5.32 Å². The van der Waals surface area contributed by atoms with E-state index in [9.17, 15) is 9.59 Å². The van der Waals surface area contributed by atoms with Gasteiger partial charge in [0.05, 0.1) is 38.5 Å². The second-order valence-electron chi connectivity index (χ2n) is 6.82. The van der Waals surface area contributed by atoms with Crippen LogP contribution in [0.4, 0.5) is 5.69 Å². The molecule has 0 spiro atoms. The van der Waals surface area contributed by atoms with Gasteiger partial charge >= 0.3 is 0 Å². The Morgan fingerprint density at radius 3 is 2.46 bits per heavy atom. The van der Waals surface area contributed by atoms with E-state index in [-0.39, 0.29) is 17.7 Å². The number of rotatable bonds is 6. The minimum absolute atomic E-state index is 0.0446. The van der Waals surface area contributed by atoms with Crippen LogP contribution >= 0.6 is 0 Å². The molecule has 3 rings (SSSR count). The first-order chi connectivity index (χ1) is 12.5. The molecule has 2 aromatic rings. The van der Waals surface area contributed by atoms with Crippen LogP contribution in [0.5, 0.6) is 0 Å². The summed E-state index contributed by atoms with van der Waals surface area (Å²) in [5, 5.41) is 2.99. The van der Waals surface area contributed by atoms with Crippen molar-refractivity contribution in [2.45, 2.75) is 19.9 Å². The van der Waals surface area contributed by atoms with Crippen LogP contribution in [0, 0.1) is 0 Å². The number of Topliss-reactive ketones (excluding diaryl/α,β-unsaturated/α-hetero) is 1. The molecule has 1 saturated heterocycles. The van der Waals surface area contributed by atoms with Crippen molar-refractivity contribution in [2.24, 2.45) is 0 Å². The maximum Gasteiger partial charge on any atom is 0.275 e. The molecule has 1 atom stereocenters. The van der Waals surface area contributed by atoms with Gasteiger partial charge in [-0.1, -0.05) is 0 Å². The Hall–Kier alpha value is -2.60. The summed E-state index contributed by atoms with van der Waals surface area (Å²) in [4.78, 5) is 27.2. The number of nitrogens with one attached hydrogen (secondary N) is 2. The fourth-order valence-electron chi connectivity index (χ4n) is 3.29. The first-order valence-corrected chi connectivity index (χ1v) is 9.05. The number of carbonyl (C=O) groups is 2. The van der Waals surface area contributed by atoms with E-state index >= 15 is 0 Å². The second kappa shape index (κ2) is 8.19. The fraction of sp³-hybridized carbons (Fsp3) is 0.400. The molecule has 1 aliphatic heterocycles. The number of ketones is 1. The van der Waals surface area contributed by atoms with Crippen LogP contribution in [0.2, 0.25) is 0 Å². The summed E-state index contributed by atoms with van der Waals surface area (Å²) in [5.74, 6) is 0.899. The Morgan fingerprint density at radius 2 is 1.88 bits per heavy atom. The molecule has 6 nitrogen and oxygen atoms in total. The van der Waals surface area contributed by atoms with Gasteiger partial charge in [-0.05, 0) is 50.2 Å². The van der Waals surface area contributed by atoms with Crippen LogP contribution in [0.1, 0.15) is 36.0 Å². The average molecular weight is 356 g/mol. The zero-order valence-corrected chi connectivity index (χ0v) is 15.3. The first kappa shape index (κ1) is 18.2. The summed E-state index contributed by atoms with van der Waals surface area (Å²) >= 11 is 0. The van der Waals surface area contributed by atoms with Crippen molar-refractivity contribution in [3.05, 3.63) is 54.0 Å². The van der Waals surface area contributed by atoms with Crippen molar-refractivity contribution in [3.63, 3.8) is 0 Å². The third-order valence-corrected chi connectivity index (χ3v) is 4.87. The molecule has 0 aliphatic carbocycles. The minimum Gasteiger partial charge on any atom is -0.467 e. The number of hydrogen-bond acceptors (Lipinski definition) is 4. The van der Waals surface area contributed by atoms with E-state index in [1.165, 1.54) is 4.90 Å². The number of nitrogens with zero attached hydrogens (tertiary/aromatic N) is 1. The number of hydrogen-bond donors (Lipinski definition) is 2. The standard InChI is InChI=1S/C20H25N3O3/c1-15(19-4-3-13-26-19)21-20(25)14-22-9-11-23(12-10-22)18-7-5-17(6-8-18)16(2)24/h3-8,13,15H,9-12,14H2,1-2H3,(H,21,25)/p+1/t15-/m0/s1. The van der Waals surface area contributed by atoms with Crippen molar-refractivity contribution in [2.75, 3.05) is 37.6 Å². The maximum atomic E-state index is 12.3. The maximum absolute atomic E-state index is 12.3. The molecule has 6 heteroatoms. The Bertz CT molecular complexity index is 732. The molecule has 0 saturated carbocycles. The smallest absolute Gasteiger partial charge is 0.275 e. The lowest BCUT2D eigenvalue weighted by molar-refractivity contribution is -0.892. The van der Waals surface area contributed by atoms with Gasteiger partial charge in [-0.3, -0.25) is 9.59 Å². The topological polar surface area (TPSA) is 67.0 Å². The van der Waals surface area contributed by atoms with Crippen LogP contribution in [-0.4, -0.2) is 44.4 Å². The molecule has 0 unspecified atom stereocenters. The van der Waals surface area contributed by atoms with Crippen LogP contribution in [0.3, 0.4) is 0 Å². The molecule has 1 fully saturated rings. The van der Waals surface area contributed by atoms with Crippen molar-refractivity contribution in [1.29, 1.82) is 0 Å². The summed E-state index contributed by atoms with van der Waals surface area (Å²) in [6.45, 7) is 7.60.